The van der Waals surface area contributed by atoms with Crippen LogP contribution in [0.2, 0.25) is 0 Å². The molecule has 0 spiro atoms. The molecule has 0 radical (unpaired) electrons. The molecule has 1 unspecified atom stereocenters. The Labute approximate surface area is 127 Å². The van der Waals surface area contributed by atoms with E-state index in [0.29, 0.717) is 31.3 Å². The molecule has 0 saturated heterocycles. The highest BCUT2D eigenvalue weighted by Crippen LogP contribution is 2.36. The summed E-state index contributed by atoms with van der Waals surface area (Å²) in [6.45, 7) is 7.57. The summed E-state index contributed by atoms with van der Waals surface area (Å²) in [6.07, 6.45) is 3.78. The Hall–Kier alpha value is -1.29. The van der Waals surface area contributed by atoms with Gasteiger partial charge < -0.3 is 15.2 Å². The second-order valence-corrected chi connectivity index (χ2v) is 5.10. The van der Waals surface area contributed by atoms with Crippen LogP contribution in [0.4, 0.5) is 4.39 Å². The lowest BCUT2D eigenvalue weighted by atomic mass is 9.89. The second kappa shape index (κ2) is 9.61. The third-order valence-electron chi connectivity index (χ3n) is 3.50. The standard InChI is InChI=1S/C17H28FNO2/c1-4-8-13(9-7-10-19)14-11-16(20-5-2)17(21-6-3)12-15(14)18/h11-13H,4-10,19H2,1-3H3. The highest BCUT2D eigenvalue weighted by Gasteiger charge is 2.19. The van der Waals surface area contributed by atoms with E-state index in [4.69, 9.17) is 15.2 Å². The van der Waals surface area contributed by atoms with Crippen LogP contribution in [0.5, 0.6) is 11.5 Å². The normalized spacial score (nSPS) is 12.2. The fraction of sp³-hybridized carbons (Fsp3) is 0.647. The molecular weight excluding hydrogens is 269 g/mol. The summed E-state index contributed by atoms with van der Waals surface area (Å²) in [5.41, 5.74) is 6.31. The lowest BCUT2D eigenvalue weighted by molar-refractivity contribution is 0.285. The summed E-state index contributed by atoms with van der Waals surface area (Å²) in [5, 5.41) is 0. The molecule has 0 saturated carbocycles. The zero-order valence-corrected chi connectivity index (χ0v) is 13.5. The molecule has 4 heteroatoms. The Bertz CT molecular complexity index is 423. The third kappa shape index (κ3) is 5.20. The van der Waals surface area contributed by atoms with Crippen LogP contribution in [0.25, 0.3) is 0 Å². The molecule has 0 aromatic heterocycles. The van der Waals surface area contributed by atoms with Gasteiger partial charge in [0.25, 0.3) is 0 Å². The van der Waals surface area contributed by atoms with E-state index in [1.165, 1.54) is 6.07 Å². The van der Waals surface area contributed by atoms with Crippen molar-refractivity contribution in [3.8, 4) is 11.5 Å². The molecule has 3 nitrogen and oxygen atoms in total. The van der Waals surface area contributed by atoms with E-state index in [0.717, 1.165) is 31.2 Å². The molecule has 1 rings (SSSR count). The fourth-order valence-electron chi connectivity index (χ4n) is 2.57. The molecule has 21 heavy (non-hydrogen) atoms. The van der Waals surface area contributed by atoms with E-state index < -0.39 is 0 Å². The molecule has 1 aromatic carbocycles. The highest BCUT2D eigenvalue weighted by molar-refractivity contribution is 5.45. The molecule has 0 heterocycles. The van der Waals surface area contributed by atoms with Crippen molar-refractivity contribution < 1.29 is 13.9 Å². The number of benzene rings is 1. The van der Waals surface area contributed by atoms with Crippen LogP contribution in [0.1, 0.15) is 57.9 Å². The Morgan fingerprint density at radius 1 is 1.05 bits per heavy atom. The topological polar surface area (TPSA) is 44.5 Å². The summed E-state index contributed by atoms with van der Waals surface area (Å²) >= 11 is 0. The predicted octanol–water partition coefficient (Wildman–Crippen LogP) is 4.25. The quantitative estimate of drug-likeness (QED) is 0.702. The first-order valence-corrected chi connectivity index (χ1v) is 7.96. The average molecular weight is 297 g/mol. The van der Waals surface area contributed by atoms with Crippen molar-refractivity contribution in [2.45, 2.75) is 52.4 Å². The second-order valence-electron chi connectivity index (χ2n) is 5.10. The molecule has 1 atom stereocenters. The number of nitrogens with two attached hydrogens (primary N) is 1. The molecule has 1 aromatic rings. The number of halogens is 1. The van der Waals surface area contributed by atoms with Gasteiger partial charge in [0.1, 0.15) is 5.82 Å². The van der Waals surface area contributed by atoms with E-state index in [-0.39, 0.29) is 11.7 Å². The summed E-state index contributed by atoms with van der Waals surface area (Å²) in [4.78, 5) is 0. The minimum atomic E-state index is -0.211. The average Bonchev–Trinajstić information content (AvgIpc) is 2.47. The molecule has 2 N–H and O–H groups in total. The van der Waals surface area contributed by atoms with Crippen molar-refractivity contribution in [1.29, 1.82) is 0 Å². The van der Waals surface area contributed by atoms with E-state index in [1.54, 1.807) is 6.07 Å². The van der Waals surface area contributed by atoms with Gasteiger partial charge in [0.2, 0.25) is 0 Å². The summed E-state index contributed by atoms with van der Waals surface area (Å²) < 4.78 is 25.5. The van der Waals surface area contributed by atoms with Crippen molar-refractivity contribution in [2.24, 2.45) is 5.73 Å². The smallest absolute Gasteiger partial charge is 0.164 e. The van der Waals surface area contributed by atoms with Crippen LogP contribution in [0, 0.1) is 5.82 Å². The zero-order chi connectivity index (χ0) is 15.7. The van der Waals surface area contributed by atoms with Gasteiger partial charge in [-0.15, -0.1) is 0 Å². The first-order chi connectivity index (χ1) is 10.2. The number of hydrogen-bond acceptors (Lipinski definition) is 3. The first-order valence-electron chi connectivity index (χ1n) is 7.96. The summed E-state index contributed by atoms with van der Waals surface area (Å²) in [5.74, 6) is 1.09. The van der Waals surface area contributed by atoms with Gasteiger partial charge in [-0.05, 0) is 57.2 Å². The maximum absolute atomic E-state index is 14.4. The molecule has 120 valence electrons. The van der Waals surface area contributed by atoms with Crippen molar-refractivity contribution in [2.75, 3.05) is 19.8 Å². The SMILES string of the molecule is CCCC(CCCN)c1cc(OCC)c(OCC)cc1F. The van der Waals surface area contributed by atoms with Gasteiger partial charge in [0.15, 0.2) is 11.5 Å². The Kier molecular flexibility index (Phi) is 8.13. The predicted molar refractivity (Wildman–Crippen MR) is 84.7 cm³/mol. The van der Waals surface area contributed by atoms with Crippen LogP contribution in [0.15, 0.2) is 12.1 Å². The zero-order valence-electron chi connectivity index (χ0n) is 13.5. The Morgan fingerprint density at radius 3 is 2.19 bits per heavy atom. The van der Waals surface area contributed by atoms with Crippen LogP contribution in [0.3, 0.4) is 0 Å². The molecule has 0 aliphatic heterocycles. The lowest BCUT2D eigenvalue weighted by Crippen LogP contribution is -2.08. The van der Waals surface area contributed by atoms with Crippen molar-refractivity contribution >= 4 is 0 Å². The van der Waals surface area contributed by atoms with Crippen LogP contribution >= 0.6 is 0 Å². The summed E-state index contributed by atoms with van der Waals surface area (Å²) in [7, 11) is 0. The van der Waals surface area contributed by atoms with Gasteiger partial charge in [-0.3, -0.25) is 0 Å². The van der Waals surface area contributed by atoms with Gasteiger partial charge in [0, 0.05) is 6.07 Å². The monoisotopic (exact) mass is 297 g/mol. The first kappa shape index (κ1) is 17.8. The largest absolute Gasteiger partial charge is 0.490 e. The summed E-state index contributed by atoms with van der Waals surface area (Å²) in [6, 6.07) is 3.26. The van der Waals surface area contributed by atoms with Crippen molar-refractivity contribution in [1.82, 2.24) is 0 Å². The van der Waals surface area contributed by atoms with Crippen LogP contribution in [-0.2, 0) is 0 Å². The van der Waals surface area contributed by atoms with Crippen LogP contribution < -0.4 is 15.2 Å². The number of hydrogen-bond donors (Lipinski definition) is 1. The van der Waals surface area contributed by atoms with Crippen molar-refractivity contribution in [3.63, 3.8) is 0 Å². The third-order valence-corrected chi connectivity index (χ3v) is 3.50. The molecule has 0 aliphatic carbocycles. The van der Waals surface area contributed by atoms with Gasteiger partial charge in [-0.2, -0.15) is 0 Å². The minimum absolute atomic E-state index is 0.188. The minimum Gasteiger partial charge on any atom is -0.490 e. The molecule has 0 aliphatic rings. The molecule has 0 amide bonds. The van der Waals surface area contributed by atoms with E-state index >= 15 is 0 Å². The molecular formula is C17H28FNO2. The Morgan fingerprint density at radius 2 is 1.67 bits per heavy atom. The number of ether oxygens (including phenoxy) is 2. The van der Waals surface area contributed by atoms with E-state index in [2.05, 4.69) is 6.92 Å². The molecule has 0 bridgehead atoms. The maximum atomic E-state index is 14.4. The van der Waals surface area contributed by atoms with E-state index in [1.807, 2.05) is 13.8 Å². The van der Waals surface area contributed by atoms with Gasteiger partial charge in [0.05, 0.1) is 13.2 Å². The van der Waals surface area contributed by atoms with Gasteiger partial charge >= 0.3 is 0 Å². The maximum Gasteiger partial charge on any atom is 0.164 e. The van der Waals surface area contributed by atoms with Crippen molar-refractivity contribution in [3.05, 3.63) is 23.5 Å². The lowest BCUT2D eigenvalue weighted by Gasteiger charge is -2.20. The van der Waals surface area contributed by atoms with Gasteiger partial charge in [-0.25, -0.2) is 4.39 Å². The Balaban J connectivity index is 3.10. The van der Waals surface area contributed by atoms with E-state index in [9.17, 15) is 4.39 Å². The van der Waals surface area contributed by atoms with Gasteiger partial charge in [-0.1, -0.05) is 13.3 Å². The fourth-order valence-corrected chi connectivity index (χ4v) is 2.57. The van der Waals surface area contributed by atoms with Crippen LogP contribution in [-0.4, -0.2) is 19.8 Å². The number of rotatable bonds is 10. The highest BCUT2D eigenvalue weighted by atomic mass is 19.1. The molecule has 0 fully saturated rings.